The monoisotopic (exact) mass is 477 g/mol. The Balaban J connectivity index is 1.49. The summed E-state index contributed by atoms with van der Waals surface area (Å²) >= 11 is 1.48. The van der Waals surface area contributed by atoms with E-state index in [1.165, 1.54) is 17.3 Å². The van der Waals surface area contributed by atoms with Crippen LogP contribution in [0.25, 0.3) is 0 Å². The minimum atomic E-state index is -0.378. The van der Waals surface area contributed by atoms with E-state index >= 15 is 0 Å². The zero-order chi connectivity index (χ0) is 24.3. The molecule has 0 unspecified atom stereocenters. The Labute approximate surface area is 207 Å². The lowest BCUT2D eigenvalue weighted by Gasteiger charge is -2.39. The first-order chi connectivity index (χ1) is 16.2. The Hall–Kier alpha value is -2.60. The van der Waals surface area contributed by atoms with Gasteiger partial charge >= 0.3 is 0 Å². The van der Waals surface area contributed by atoms with Crippen LogP contribution in [-0.4, -0.2) is 35.2 Å². The average molecular weight is 478 g/mol. The van der Waals surface area contributed by atoms with Crippen LogP contribution in [0.15, 0.2) is 58.5 Å². The minimum Gasteiger partial charge on any atom is -0.497 e. The highest BCUT2D eigenvalue weighted by Crippen LogP contribution is 2.46. The van der Waals surface area contributed by atoms with E-state index < -0.39 is 0 Å². The zero-order valence-electron chi connectivity index (χ0n) is 20.9. The number of anilines is 1. The Morgan fingerprint density at radius 1 is 1.06 bits per heavy atom. The second kappa shape index (κ2) is 9.95. The lowest BCUT2D eigenvalue weighted by Crippen LogP contribution is -2.34. The van der Waals surface area contributed by atoms with E-state index in [-0.39, 0.29) is 17.3 Å². The van der Waals surface area contributed by atoms with Gasteiger partial charge < -0.3 is 10.1 Å². The fourth-order valence-electron chi connectivity index (χ4n) is 4.70. The molecule has 1 amide bonds. The summed E-state index contributed by atoms with van der Waals surface area (Å²) in [6, 6.07) is 15.8. The smallest absolute Gasteiger partial charge is 0.234 e. The summed E-state index contributed by atoms with van der Waals surface area (Å²) in [6.07, 6.45) is 4.19. The molecule has 6 heteroatoms. The van der Waals surface area contributed by atoms with Crippen LogP contribution in [0, 0.1) is 18.3 Å². The van der Waals surface area contributed by atoms with Gasteiger partial charge in [0.1, 0.15) is 10.8 Å². The molecule has 0 aromatic heterocycles. The van der Waals surface area contributed by atoms with Gasteiger partial charge in [0.15, 0.2) is 5.66 Å². The van der Waals surface area contributed by atoms with Crippen molar-refractivity contribution in [3.63, 3.8) is 0 Å². The SMILES string of the molecule is COc1ccc(NC(=O)CSC2=NC3(CCC(C(C)(C)C)CC3)N=C2c2ccc(C)cc2)cc1. The van der Waals surface area contributed by atoms with Gasteiger partial charge in [0.2, 0.25) is 5.91 Å². The first kappa shape index (κ1) is 24.5. The summed E-state index contributed by atoms with van der Waals surface area (Å²) < 4.78 is 5.18. The number of hydrogen-bond acceptors (Lipinski definition) is 5. The van der Waals surface area contributed by atoms with Gasteiger partial charge in [-0.05, 0) is 68.2 Å². The number of methoxy groups -OCH3 is 1. The molecule has 34 heavy (non-hydrogen) atoms. The standard InChI is InChI=1S/C28H35N3O2S/c1-19-6-8-20(9-7-19)25-26(31-28(30-25)16-14-21(15-17-28)27(2,3)4)34-18-24(32)29-22-10-12-23(33-5)13-11-22/h6-13,21H,14-18H2,1-5H3,(H,29,32). The van der Waals surface area contributed by atoms with Gasteiger partial charge in [0.05, 0.1) is 18.6 Å². The Kier molecular flexibility index (Phi) is 7.17. The van der Waals surface area contributed by atoms with Crippen LogP contribution in [0.4, 0.5) is 5.69 Å². The van der Waals surface area contributed by atoms with Gasteiger partial charge in [-0.2, -0.15) is 0 Å². The Morgan fingerprint density at radius 3 is 2.29 bits per heavy atom. The molecule has 1 aliphatic carbocycles. The van der Waals surface area contributed by atoms with Gasteiger partial charge in [0, 0.05) is 11.3 Å². The molecule has 0 radical (unpaired) electrons. The summed E-state index contributed by atoms with van der Waals surface area (Å²) in [5.41, 5.74) is 3.90. The van der Waals surface area contributed by atoms with E-state index in [2.05, 4.69) is 57.3 Å². The van der Waals surface area contributed by atoms with E-state index in [0.717, 1.165) is 53.4 Å². The van der Waals surface area contributed by atoms with Crippen LogP contribution in [-0.2, 0) is 4.79 Å². The normalized spacial score (nSPS) is 22.3. The molecule has 1 saturated carbocycles. The van der Waals surface area contributed by atoms with Crippen molar-refractivity contribution in [3.05, 3.63) is 59.7 Å². The third-order valence-corrected chi connectivity index (χ3v) is 7.85. The maximum atomic E-state index is 12.7. The van der Waals surface area contributed by atoms with Crippen LogP contribution in [0.5, 0.6) is 5.75 Å². The van der Waals surface area contributed by atoms with E-state index in [1.54, 1.807) is 7.11 Å². The van der Waals surface area contributed by atoms with Gasteiger partial charge in [0.25, 0.3) is 0 Å². The number of nitrogens with zero attached hydrogens (tertiary/aromatic N) is 2. The van der Waals surface area contributed by atoms with Gasteiger partial charge in [-0.3, -0.25) is 9.79 Å². The largest absolute Gasteiger partial charge is 0.497 e. The number of benzene rings is 2. The quantitative estimate of drug-likeness (QED) is 0.534. The summed E-state index contributed by atoms with van der Waals surface area (Å²) in [4.78, 5) is 23.0. The summed E-state index contributed by atoms with van der Waals surface area (Å²) in [7, 11) is 1.63. The molecule has 1 heterocycles. The van der Waals surface area contributed by atoms with Crippen molar-refractivity contribution in [1.29, 1.82) is 0 Å². The van der Waals surface area contributed by atoms with Crippen molar-refractivity contribution in [2.75, 3.05) is 18.2 Å². The topological polar surface area (TPSA) is 63.0 Å². The summed E-state index contributed by atoms with van der Waals surface area (Å²) in [6.45, 7) is 9.08. The summed E-state index contributed by atoms with van der Waals surface area (Å²) in [5, 5.41) is 3.84. The van der Waals surface area contributed by atoms with Crippen molar-refractivity contribution >= 4 is 34.1 Å². The maximum Gasteiger partial charge on any atom is 0.234 e. The average Bonchev–Trinajstić information content (AvgIpc) is 3.16. The number of ether oxygens (including phenoxy) is 1. The van der Waals surface area contributed by atoms with Crippen LogP contribution >= 0.6 is 11.8 Å². The Bertz CT molecular complexity index is 1070. The van der Waals surface area contributed by atoms with E-state index in [9.17, 15) is 4.79 Å². The number of aryl methyl sites for hydroxylation is 1. The van der Waals surface area contributed by atoms with Gasteiger partial charge in [-0.1, -0.05) is 62.4 Å². The van der Waals surface area contributed by atoms with Crippen LogP contribution in [0.1, 0.15) is 57.6 Å². The number of carbonyl (C=O) groups is 1. The Morgan fingerprint density at radius 2 is 1.71 bits per heavy atom. The molecule has 5 nitrogen and oxygen atoms in total. The molecule has 2 aromatic carbocycles. The lowest BCUT2D eigenvalue weighted by atomic mass is 9.70. The second-order valence-electron chi connectivity index (χ2n) is 10.4. The molecule has 1 fully saturated rings. The number of amides is 1. The maximum absolute atomic E-state index is 12.7. The predicted octanol–water partition coefficient (Wildman–Crippen LogP) is 6.51. The van der Waals surface area contributed by atoms with E-state index in [0.29, 0.717) is 11.3 Å². The van der Waals surface area contributed by atoms with Crippen molar-refractivity contribution in [2.24, 2.45) is 21.3 Å². The number of nitrogens with one attached hydrogen (secondary N) is 1. The number of thioether (sulfide) groups is 1. The first-order valence-electron chi connectivity index (χ1n) is 12.0. The van der Waals surface area contributed by atoms with Gasteiger partial charge in [-0.15, -0.1) is 0 Å². The molecule has 4 rings (SSSR count). The fraction of sp³-hybridized carbons (Fsp3) is 0.464. The molecule has 2 aliphatic rings. The second-order valence-corrected chi connectivity index (χ2v) is 11.4. The molecule has 1 spiro atoms. The van der Waals surface area contributed by atoms with Crippen LogP contribution in [0.2, 0.25) is 0 Å². The zero-order valence-corrected chi connectivity index (χ0v) is 21.7. The van der Waals surface area contributed by atoms with E-state index in [4.69, 9.17) is 14.7 Å². The highest BCUT2D eigenvalue weighted by atomic mass is 32.2. The number of rotatable bonds is 5. The fourth-order valence-corrected chi connectivity index (χ4v) is 5.57. The molecule has 0 bridgehead atoms. The number of carbonyl (C=O) groups excluding carboxylic acids is 1. The molecular weight excluding hydrogens is 442 g/mol. The molecule has 180 valence electrons. The first-order valence-corrected chi connectivity index (χ1v) is 13.0. The molecule has 1 N–H and O–H groups in total. The molecule has 1 aliphatic heterocycles. The molecule has 0 atom stereocenters. The molecule has 2 aromatic rings. The van der Waals surface area contributed by atoms with Crippen molar-refractivity contribution in [1.82, 2.24) is 0 Å². The minimum absolute atomic E-state index is 0.0569. The highest BCUT2D eigenvalue weighted by Gasteiger charge is 2.42. The number of aliphatic imine (C=N–C) groups is 2. The van der Waals surface area contributed by atoms with Crippen LogP contribution in [0.3, 0.4) is 0 Å². The number of hydrogen-bond donors (Lipinski definition) is 1. The molecule has 0 saturated heterocycles. The third kappa shape index (κ3) is 5.72. The predicted molar refractivity (Wildman–Crippen MR) is 143 cm³/mol. The molecular formula is C28H35N3O2S. The highest BCUT2D eigenvalue weighted by molar-refractivity contribution is 8.16. The van der Waals surface area contributed by atoms with Crippen LogP contribution < -0.4 is 10.1 Å². The van der Waals surface area contributed by atoms with Gasteiger partial charge in [-0.25, -0.2) is 4.99 Å². The lowest BCUT2D eigenvalue weighted by molar-refractivity contribution is -0.113. The third-order valence-electron chi connectivity index (χ3n) is 6.88. The van der Waals surface area contributed by atoms with Crippen molar-refractivity contribution in [3.8, 4) is 5.75 Å². The van der Waals surface area contributed by atoms with E-state index in [1.807, 2.05) is 24.3 Å². The van der Waals surface area contributed by atoms with Crippen molar-refractivity contribution in [2.45, 2.75) is 59.0 Å². The van der Waals surface area contributed by atoms with Crippen molar-refractivity contribution < 1.29 is 9.53 Å². The summed E-state index contributed by atoms with van der Waals surface area (Å²) in [5.74, 6) is 1.69.